The molecule has 9 heteroatoms. The average molecular weight is 308 g/mol. The van der Waals surface area contributed by atoms with Gasteiger partial charge >= 0.3 is 5.69 Å². The summed E-state index contributed by atoms with van der Waals surface area (Å²) in [5.41, 5.74) is 0.773. The minimum atomic E-state index is -0.656. The van der Waals surface area contributed by atoms with Crippen molar-refractivity contribution in [2.45, 2.75) is 6.92 Å². The van der Waals surface area contributed by atoms with Crippen LogP contribution in [0, 0.1) is 10.1 Å². The molecule has 0 atom stereocenters. The Kier molecular flexibility index (Phi) is 4.29. The minimum Gasteiger partial charge on any atom is -0.334 e. The fraction of sp³-hybridized carbons (Fsp3) is 0.0833. The molecule has 0 saturated carbocycles. The quantitative estimate of drug-likeness (QED) is 0.510. The number of benzene rings is 1. The molecule has 0 aliphatic heterocycles. The van der Waals surface area contributed by atoms with Crippen molar-refractivity contribution in [2.24, 2.45) is 0 Å². The molecule has 1 heterocycles. The summed E-state index contributed by atoms with van der Waals surface area (Å²) in [7, 11) is 0. The number of halogens is 1. The van der Waals surface area contributed by atoms with Gasteiger partial charge in [-0.2, -0.15) is 0 Å². The molecule has 0 aliphatic rings. The van der Waals surface area contributed by atoms with Crippen molar-refractivity contribution in [1.82, 2.24) is 9.97 Å². The molecule has 108 valence electrons. The lowest BCUT2D eigenvalue weighted by Crippen LogP contribution is -2.05. The Morgan fingerprint density at radius 1 is 1.24 bits per heavy atom. The molecule has 0 aliphatic carbocycles. The zero-order valence-corrected chi connectivity index (χ0v) is 11.6. The number of carbonyl (C=O) groups excluding carboxylic acids is 1. The van der Waals surface area contributed by atoms with Crippen molar-refractivity contribution >= 4 is 40.4 Å². The molecule has 21 heavy (non-hydrogen) atoms. The molecule has 1 aromatic heterocycles. The summed E-state index contributed by atoms with van der Waals surface area (Å²) in [5, 5.41) is 16.1. The number of nitro groups is 1. The highest BCUT2D eigenvalue weighted by Gasteiger charge is 2.21. The Labute approximate surface area is 124 Å². The summed E-state index contributed by atoms with van der Waals surface area (Å²) >= 11 is 5.69. The summed E-state index contributed by atoms with van der Waals surface area (Å²) in [6.07, 6.45) is 1.13. The van der Waals surface area contributed by atoms with E-state index in [1.165, 1.54) is 6.92 Å². The van der Waals surface area contributed by atoms with Crippen LogP contribution in [0.2, 0.25) is 5.15 Å². The second-order valence-electron chi connectivity index (χ2n) is 4.00. The highest BCUT2D eigenvalue weighted by Crippen LogP contribution is 2.30. The van der Waals surface area contributed by atoms with Crippen molar-refractivity contribution in [3.05, 3.63) is 45.9 Å². The molecule has 0 fully saturated rings. The number of hydrogen-bond acceptors (Lipinski definition) is 6. The second-order valence-corrected chi connectivity index (χ2v) is 4.36. The second kappa shape index (κ2) is 6.14. The van der Waals surface area contributed by atoms with E-state index in [1.54, 1.807) is 24.3 Å². The van der Waals surface area contributed by atoms with Crippen LogP contribution in [0.1, 0.15) is 6.92 Å². The normalized spacial score (nSPS) is 10.0. The van der Waals surface area contributed by atoms with Crippen LogP contribution in [0.5, 0.6) is 0 Å². The predicted octanol–water partition coefficient (Wildman–Crippen LogP) is 2.74. The molecule has 2 aromatic rings. The van der Waals surface area contributed by atoms with Gasteiger partial charge in [-0.25, -0.2) is 9.97 Å². The number of nitrogens with one attached hydrogen (secondary N) is 2. The molecule has 0 radical (unpaired) electrons. The van der Waals surface area contributed by atoms with Crippen LogP contribution in [-0.4, -0.2) is 20.8 Å². The van der Waals surface area contributed by atoms with E-state index in [9.17, 15) is 14.9 Å². The van der Waals surface area contributed by atoms with Gasteiger partial charge in [0.25, 0.3) is 0 Å². The first-order chi connectivity index (χ1) is 9.97. The number of carbonyl (C=O) groups is 1. The summed E-state index contributed by atoms with van der Waals surface area (Å²) < 4.78 is 0. The third kappa shape index (κ3) is 3.63. The zero-order valence-electron chi connectivity index (χ0n) is 10.8. The third-order valence-electron chi connectivity index (χ3n) is 2.43. The van der Waals surface area contributed by atoms with E-state index in [1.807, 2.05) is 0 Å². The van der Waals surface area contributed by atoms with Gasteiger partial charge in [-0.15, -0.1) is 0 Å². The van der Waals surface area contributed by atoms with Crippen LogP contribution in [0.4, 0.5) is 22.9 Å². The molecule has 0 saturated heterocycles. The topological polar surface area (TPSA) is 110 Å². The fourth-order valence-corrected chi connectivity index (χ4v) is 1.79. The van der Waals surface area contributed by atoms with Crippen molar-refractivity contribution in [2.75, 3.05) is 10.6 Å². The highest BCUT2D eigenvalue weighted by atomic mass is 35.5. The van der Waals surface area contributed by atoms with Crippen molar-refractivity contribution < 1.29 is 9.72 Å². The molecular weight excluding hydrogens is 298 g/mol. The van der Waals surface area contributed by atoms with Crippen molar-refractivity contribution in [3.63, 3.8) is 0 Å². The molecule has 0 bridgehead atoms. The summed E-state index contributed by atoms with van der Waals surface area (Å²) in [6, 6.07) is 6.59. The lowest BCUT2D eigenvalue weighted by molar-refractivity contribution is -0.384. The van der Waals surface area contributed by atoms with Crippen molar-refractivity contribution in [1.29, 1.82) is 0 Å². The van der Waals surface area contributed by atoms with E-state index in [0.29, 0.717) is 11.4 Å². The molecule has 0 unspecified atom stereocenters. The van der Waals surface area contributed by atoms with E-state index in [0.717, 1.165) is 6.33 Å². The Morgan fingerprint density at radius 2 is 1.86 bits per heavy atom. The maximum absolute atomic E-state index is 11.0. The van der Waals surface area contributed by atoms with E-state index >= 15 is 0 Å². The Morgan fingerprint density at radius 3 is 2.43 bits per heavy atom. The van der Waals surface area contributed by atoms with Crippen LogP contribution >= 0.6 is 11.6 Å². The molecular formula is C12H10ClN5O3. The van der Waals surface area contributed by atoms with Gasteiger partial charge in [-0.1, -0.05) is 11.6 Å². The maximum Gasteiger partial charge on any atom is 0.348 e. The Balaban J connectivity index is 2.24. The van der Waals surface area contributed by atoms with Gasteiger partial charge in [0.2, 0.25) is 16.9 Å². The van der Waals surface area contributed by atoms with Crippen LogP contribution in [-0.2, 0) is 4.79 Å². The maximum atomic E-state index is 11.0. The molecule has 2 N–H and O–H groups in total. The third-order valence-corrected chi connectivity index (χ3v) is 2.70. The number of aromatic nitrogens is 2. The standard InChI is InChI=1S/C12H10ClN5O3/c1-7(19)16-8-2-4-9(5-3-8)17-12-10(18(20)21)11(13)14-6-15-12/h2-6H,1H3,(H,16,19)(H,14,15,17). The molecule has 2 rings (SSSR count). The fourth-order valence-electron chi connectivity index (χ4n) is 1.59. The predicted molar refractivity (Wildman–Crippen MR) is 77.7 cm³/mol. The monoisotopic (exact) mass is 307 g/mol. The van der Waals surface area contributed by atoms with Crippen LogP contribution in [0.15, 0.2) is 30.6 Å². The smallest absolute Gasteiger partial charge is 0.334 e. The minimum absolute atomic E-state index is 0.00715. The Bertz CT molecular complexity index is 690. The first-order valence-corrected chi connectivity index (χ1v) is 6.14. The summed E-state index contributed by atoms with van der Waals surface area (Å²) in [5.74, 6) is -0.193. The molecule has 1 aromatic carbocycles. The largest absolute Gasteiger partial charge is 0.348 e. The summed E-state index contributed by atoms with van der Waals surface area (Å²) in [6.45, 7) is 1.40. The van der Waals surface area contributed by atoms with Crippen LogP contribution in [0.3, 0.4) is 0 Å². The van der Waals surface area contributed by atoms with Gasteiger partial charge in [0, 0.05) is 18.3 Å². The number of anilines is 3. The number of nitrogens with zero attached hydrogens (tertiary/aromatic N) is 3. The zero-order chi connectivity index (χ0) is 15.4. The lowest BCUT2D eigenvalue weighted by atomic mass is 10.2. The lowest BCUT2D eigenvalue weighted by Gasteiger charge is -2.07. The van der Waals surface area contributed by atoms with E-state index < -0.39 is 10.6 Å². The van der Waals surface area contributed by atoms with Crippen LogP contribution < -0.4 is 10.6 Å². The number of amides is 1. The van der Waals surface area contributed by atoms with E-state index in [-0.39, 0.29) is 16.9 Å². The first kappa shape index (κ1) is 14.7. The molecule has 1 amide bonds. The number of rotatable bonds is 4. The van der Waals surface area contributed by atoms with Gasteiger partial charge < -0.3 is 10.6 Å². The first-order valence-electron chi connectivity index (χ1n) is 5.77. The van der Waals surface area contributed by atoms with E-state index in [4.69, 9.17) is 11.6 Å². The molecule has 0 spiro atoms. The SMILES string of the molecule is CC(=O)Nc1ccc(Nc2ncnc(Cl)c2[N+](=O)[O-])cc1. The van der Waals surface area contributed by atoms with Crippen LogP contribution in [0.25, 0.3) is 0 Å². The van der Waals surface area contributed by atoms with Gasteiger partial charge in [0.15, 0.2) is 0 Å². The van der Waals surface area contributed by atoms with Gasteiger partial charge in [0.1, 0.15) is 6.33 Å². The van der Waals surface area contributed by atoms with Gasteiger partial charge in [0.05, 0.1) is 4.92 Å². The molecule has 8 nitrogen and oxygen atoms in total. The van der Waals surface area contributed by atoms with Gasteiger partial charge in [-0.3, -0.25) is 14.9 Å². The highest BCUT2D eigenvalue weighted by molar-refractivity contribution is 6.31. The summed E-state index contributed by atoms with van der Waals surface area (Å²) in [4.78, 5) is 28.6. The van der Waals surface area contributed by atoms with E-state index in [2.05, 4.69) is 20.6 Å². The average Bonchev–Trinajstić information content (AvgIpc) is 2.40. The van der Waals surface area contributed by atoms with Crippen molar-refractivity contribution in [3.8, 4) is 0 Å². The number of hydrogen-bond donors (Lipinski definition) is 2. The van der Waals surface area contributed by atoms with Gasteiger partial charge in [-0.05, 0) is 24.3 Å². The Hall–Kier alpha value is -2.74.